The van der Waals surface area contributed by atoms with Gasteiger partial charge in [0, 0.05) is 23.3 Å². The summed E-state index contributed by atoms with van der Waals surface area (Å²) in [4.78, 5) is 12.2. The van der Waals surface area contributed by atoms with Gasteiger partial charge in [0.2, 0.25) is 5.91 Å². The van der Waals surface area contributed by atoms with Gasteiger partial charge in [-0.15, -0.1) is 0 Å². The fourth-order valence-corrected chi connectivity index (χ4v) is 2.88. The number of ether oxygens (including phenoxy) is 1. The van der Waals surface area contributed by atoms with E-state index in [1.807, 2.05) is 12.1 Å². The minimum absolute atomic E-state index is 0.00468. The van der Waals surface area contributed by atoms with Gasteiger partial charge >= 0.3 is 0 Å². The van der Waals surface area contributed by atoms with Gasteiger partial charge in [-0.05, 0) is 25.0 Å². The summed E-state index contributed by atoms with van der Waals surface area (Å²) in [6.07, 6.45) is 2.25. The van der Waals surface area contributed by atoms with E-state index in [1.165, 1.54) is 0 Å². The molecule has 2 heterocycles. The molecule has 0 radical (unpaired) electrons. The van der Waals surface area contributed by atoms with Crippen LogP contribution in [-0.2, 0) is 16.1 Å². The summed E-state index contributed by atoms with van der Waals surface area (Å²) in [5, 5.41) is 17.2. The van der Waals surface area contributed by atoms with Crippen molar-refractivity contribution in [2.45, 2.75) is 31.9 Å². The van der Waals surface area contributed by atoms with Crippen molar-refractivity contribution in [3.63, 3.8) is 0 Å². The molecule has 2 N–H and O–H groups in total. The molecule has 0 bridgehead atoms. The summed E-state index contributed by atoms with van der Waals surface area (Å²) < 4.78 is 7.08. The van der Waals surface area contributed by atoms with Gasteiger partial charge in [-0.3, -0.25) is 4.79 Å². The molecule has 1 amide bonds. The quantitative estimate of drug-likeness (QED) is 0.840. The number of carbonyl (C=O) groups excluding carboxylic acids is 1. The Bertz CT molecular complexity index is 694. The molecule has 1 unspecified atom stereocenters. The minimum atomic E-state index is -0.108. The molecule has 6 nitrogen and oxygen atoms in total. The second-order valence-corrected chi connectivity index (χ2v) is 6.19. The van der Waals surface area contributed by atoms with Gasteiger partial charge in [-0.25, -0.2) is 4.68 Å². The first-order valence-electron chi connectivity index (χ1n) is 8.02. The van der Waals surface area contributed by atoms with Crippen molar-refractivity contribution in [1.29, 1.82) is 0 Å². The van der Waals surface area contributed by atoms with Crippen molar-refractivity contribution in [2.24, 2.45) is 0 Å². The van der Waals surface area contributed by atoms with Gasteiger partial charge in [0.25, 0.3) is 0 Å². The summed E-state index contributed by atoms with van der Waals surface area (Å²) in [6.45, 7) is 0.973. The molecule has 1 aromatic heterocycles. The minimum Gasteiger partial charge on any atom is -0.394 e. The van der Waals surface area contributed by atoms with Crippen molar-refractivity contribution in [1.82, 2.24) is 9.78 Å². The number of amides is 1. The predicted octanol–water partition coefficient (Wildman–Crippen LogP) is 2.70. The number of anilines is 1. The van der Waals surface area contributed by atoms with Crippen LogP contribution in [0.3, 0.4) is 0 Å². The standard InChI is InChI=1S/C17H20ClN3O3/c18-13-5-3-12(4-6-13)15-11-16(21(20-15)7-8-22)19-17(23)10-14-2-1-9-24-14/h3-6,11,14,22H,1-2,7-10H2,(H,19,23). The zero-order valence-electron chi connectivity index (χ0n) is 13.2. The van der Waals surface area contributed by atoms with Crippen molar-refractivity contribution in [3.05, 3.63) is 35.4 Å². The third-order valence-electron chi connectivity index (χ3n) is 3.94. The Kier molecular flexibility index (Phi) is 5.50. The van der Waals surface area contributed by atoms with Gasteiger partial charge < -0.3 is 15.2 Å². The number of aliphatic hydroxyl groups is 1. The number of benzene rings is 1. The molecule has 3 rings (SSSR count). The van der Waals surface area contributed by atoms with Crippen LogP contribution >= 0.6 is 11.6 Å². The summed E-state index contributed by atoms with van der Waals surface area (Å²) in [7, 11) is 0. The molecule has 1 aliphatic rings. The van der Waals surface area contributed by atoms with Gasteiger partial charge in [-0.2, -0.15) is 5.10 Å². The van der Waals surface area contributed by atoms with Crippen LogP contribution in [0.25, 0.3) is 11.3 Å². The Hall–Kier alpha value is -1.89. The van der Waals surface area contributed by atoms with Gasteiger partial charge in [0.15, 0.2) is 0 Å². The summed E-state index contributed by atoms with van der Waals surface area (Å²) >= 11 is 5.91. The number of aliphatic hydroxyl groups excluding tert-OH is 1. The number of halogens is 1. The van der Waals surface area contributed by atoms with Crippen LogP contribution in [0.5, 0.6) is 0 Å². The lowest BCUT2D eigenvalue weighted by Crippen LogP contribution is -2.21. The van der Waals surface area contributed by atoms with Crippen molar-refractivity contribution < 1.29 is 14.6 Å². The second kappa shape index (κ2) is 7.79. The Morgan fingerprint density at radius 3 is 2.88 bits per heavy atom. The molecular weight excluding hydrogens is 330 g/mol. The highest BCUT2D eigenvalue weighted by molar-refractivity contribution is 6.30. The summed E-state index contributed by atoms with van der Waals surface area (Å²) in [5.74, 6) is 0.459. The molecule has 24 heavy (non-hydrogen) atoms. The maximum atomic E-state index is 12.2. The molecule has 128 valence electrons. The van der Waals surface area contributed by atoms with Crippen LogP contribution in [0.15, 0.2) is 30.3 Å². The molecule has 7 heteroatoms. The average molecular weight is 350 g/mol. The average Bonchev–Trinajstić information content (AvgIpc) is 3.19. The first-order chi connectivity index (χ1) is 11.7. The third-order valence-corrected chi connectivity index (χ3v) is 4.19. The Morgan fingerprint density at radius 2 is 2.21 bits per heavy atom. The molecule has 1 saturated heterocycles. The maximum Gasteiger partial charge on any atom is 0.228 e. The lowest BCUT2D eigenvalue weighted by Gasteiger charge is -2.10. The van der Waals surface area contributed by atoms with Crippen LogP contribution in [0.4, 0.5) is 5.82 Å². The van der Waals surface area contributed by atoms with Crippen molar-refractivity contribution in [3.8, 4) is 11.3 Å². The maximum absolute atomic E-state index is 12.2. The second-order valence-electron chi connectivity index (χ2n) is 5.76. The molecule has 1 aromatic carbocycles. The zero-order chi connectivity index (χ0) is 16.9. The Morgan fingerprint density at radius 1 is 1.42 bits per heavy atom. The van der Waals surface area contributed by atoms with E-state index in [4.69, 9.17) is 16.3 Å². The first-order valence-corrected chi connectivity index (χ1v) is 8.39. The molecule has 1 aliphatic heterocycles. The summed E-state index contributed by atoms with van der Waals surface area (Å²) in [6, 6.07) is 9.11. The topological polar surface area (TPSA) is 76.4 Å². The smallest absolute Gasteiger partial charge is 0.228 e. The van der Waals surface area contributed by atoms with E-state index >= 15 is 0 Å². The van der Waals surface area contributed by atoms with E-state index in [9.17, 15) is 9.90 Å². The van der Waals surface area contributed by atoms with E-state index in [0.717, 1.165) is 25.0 Å². The van der Waals surface area contributed by atoms with Crippen LogP contribution in [0.2, 0.25) is 5.02 Å². The third kappa shape index (κ3) is 4.14. The zero-order valence-corrected chi connectivity index (χ0v) is 14.0. The Balaban J connectivity index is 1.75. The van der Waals surface area contributed by atoms with E-state index < -0.39 is 0 Å². The highest BCUT2D eigenvalue weighted by Crippen LogP contribution is 2.24. The van der Waals surface area contributed by atoms with E-state index in [0.29, 0.717) is 29.5 Å². The molecule has 2 aromatic rings. The molecule has 0 aliphatic carbocycles. The van der Waals surface area contributed by atoms with Crippen LogP contribution in [-0.4, -0.2) is 40.1 Å². The molecule has 0 saturated carbocycles. The van der Waals surface area contributed by atoms with E-state index in [1.54, 1.807) is 22.9 Å². The van der Waals surface area contributed by atoms with Gasteiger partial charge in [-0.1, -0.05) is 23.7 Å². The molecule has 0 spiro atoms. The number of nitrogens with one attached hydrogen (secondary N) is 1. The first kappa shape index (κ1) is 17.0. The monoisotopic (exact) mass is 349 g/mol. The Labute approximate surface area is 145 Å². The molecule has 1 fully saturated rings. The number of carbonyl (C=O) groups is 1. The highest BCUT2D eigenvalue weighted by atomic mass is 35.5. The lowest BCUT2D eigenvalue weighted by atomic mass is 10.1. The molecular formula is C17H20ClN3O3. The highest BCUT2D eigenvalue weighted by Gasteiger charge is 2.20. The van der Waals surface area contributed by atoms with Crippen molar-refractivity contribution >= 4 is 23.3 Å². The fourth-order valence-electron chi connectivity index (χ4n) is 2.75. The number of rotatable bonds is 6. The normalized spacial score (nSPS) is 17.2. The van der Waals surface area contributed by atoms with Crippen molar-refractivity contribution in [2.75, 3.05) is 18.5 Å². The number of aromatic nitrogens is 2. The SMILES string of the molecule is O=C(CC1CCCO1)Nc1cc(-c2ccc(Cl)cc2)nn1CCO. The van der Waals surface area contributed by atoms with Crippen LogP contribution in [0.1, 0.15) is 19.3 Å². The van der Waals surface area contributed by atoms with Gasteiger partial charge in [0.05, 0.1) is 31.4 Å². The predicted molar refractivity (Wildman–Crippen MR) is 92.0 cm³/mol. The fraction of sp³-hybridized carbons (Fsp3) is 0.412. The van der Waals surface area contributed by atoms with Crippen LogP contribution < -0.4 is 5.32 Å². The van der Waals surface area contributed by atoms with Gasteiger partial charge in [0.1, 0.15) is 5.82 Å². The number of nitrogens with zero attached hydrogens (tertiary/aromatic N) is 2. The van der Waals surface area contributed by atoms with E-state index in [2.05, 4.69) is 10.4 Å². The lowest BCUT2D eigenvalue weighted by molar-refractivity contribution is -0.118. The number of hydrogen-bond donors (Lipinski definition) is 2. The molecule has 1 atom stereocenters. The van der Waals surface area contributed by atoms with Crippen LogP contribution in [0, 0.1) is 0 Å². The van der Waals surface area contributed by atoms with E-state index in [-0.39, 0.29) is 18.6 Å². The number of hydrogen-bond acceptors (Lipinski definition) is 4. The summed E-state index contributed by atoms with van der Waals surface area (Å²) in [5.41, 5.74) is 1.61. The largest absolute Gasteiger partial charge is 0.394 e.